The number of hydrogen-bond donors (Lipinski definition) is 2. The van der Waals surface area contributed by atoms with Gasteiger partial charge in [-0.1, -0.05) is 168 Å². The highest BCUT2D eigenvalue weighted by molar-refractivity contribution is 5.73. The predicted molar refractivity (Wildman–Crippen MR) is 227 cm³/mol. The Morgan fingerprint density at radius 1 is 0.292 bits per heavy atom. The van der Waals surface area contributed by atoms with Gasteiger partial charge in [-0.2, -0.15) is 0 Å². The van der Waals surface area contributed by atoms with Gasteiger partial charge in [0, 0.05) is 12.8 Å². The molecule has 4 heteroatoms. The zero-order chi connectivity index (χ0) is 39.0. The summed E-state index contributed by atoms with van der Waals surface area (Å²) in [5.41, 5.74) is 10.2. The van der Waals surface area contributed by atoms with Crippen LogP contribution in [0, 0.1) is 0 Å². The molecule has 0 aliphatic heterocycles. The minimum atomic E-state index is -0.155. The minimum Gasteiger partial charge on any atom is -0.370 e. The fourth-order valence-corrected chi connectivity index (χ4v) is 4.63. The second-order valence-electron chi connectivity index (χ2n) is 10.9. The Bertz CT molecular complexity index is 469. The zero-order valence-electron chi connectivity index (χ0n) is 33.3. The van der Waals surface area contributed by atoms with Gasteiger partial charge in [0.1, 0.15) is 0 Å². The lowest BCUT2D eigenvalue weighted by atomic mass is 10.0. The fourth-order valence-electron chi connectivity index (χ4n) is 4.63. The molecule has 0 aromatic carbocycles. The quantitative estimate of drug-likeness (QED) is 0.0637. The second-order valence-corrected chi connectivity index (χ2v) is 10.9. The maximum Gasteiger partial charge on any atom is 0.217 e. The molecule has 0 saturated heterocycles. The summed E-state index contributed by atoms with van der Waals surface area (Å²) in [4.78, 5) is 21.0. The molecule has 0 aromatic rings. The molecule has 4 N–H and O–H groups in total. The lowest BCUT2D eigenvalue weighted by Crippen LogP contribution is -2.09. The van der Waals surface area contributed by atoms with Crippen molar-refractivity contribution < 1.29 is 9.59 Å². The van der Waals surface area contributed by atoms with Crippen LogP contribution in [0.15, 0.2) is 78.9 Å². The van der Waals surface area contributed by atoms with Crippen molar-refractivity contribution in [2.45, 2.75) is 194 Å². The van der Waals surface area contributed by atoms with Gasteiger partial charge in [0.15, 0.2) is 0 Å². The van der Waals surface area contributed by atoms with Crippen LogP contribution in [0.1, 0.15) is 194 Å². The zero-order valence-corrected chi connectivity index (χ0v) is 33.3. The van der Waals surface area contributed by atoms with E-state index in [1.54, 1.807) is 0 Å². The largest absolute Gasteiger partial charge is 0.370 e. The van der Waals surface area contributed by atoms with Crippen LogP contribution in [-0.4, -0.2) is 11.8 Å². The number of rotatable bonds is 28. The highest BCUT2D eigenvalue weighted by atomic mass is 16.1. The van der Waals surface area contributed by atoms with Crippen LogP contribution in [0.5, 0.6) is 0 Å². The molecular weight excluding hydrogens is 588 g/mol. The van der Waals surface area contributed by atoms with Gasteiger partial charge in [-0.3, -0.25) is 9.59 Å². The van der Waals surface area contributed by atoms with Crippen molar-refractivity contribution >= 4 is 11.8 Å². The molecule has 288 valence electrons. The van der Waals surface area contributed by atoms with Crippen molar-refractivity contribution in [1.29, 1.82) is 0 Å². The number of hydrogen-bond acceptors (Lipinski definition) is 2. The van der Waals surface area contributed by atoms with Crippen LogP contribution in [-0.2, 0) is 9.59 Å². The smallest absolute Gasteiger partial charge is 0.217 e. The highest BCUT2D eigenvalue weighted by Gasteiger charge is 1.97. The molecule has 48 heavy (non-hydrogen) atoms. The second kappa shape index (κ2) is 84.8. The van der Waals surface area contributed by atoms with E-state index >= 15 is 0 Å². The highest BCUT2D eigenvalue weighted by Crippen LogP contribution is 2.14. The molecule has 0 bridgehead atoms. The maximum absolute atomic E-state index is 10.5. The molecule has 0 heterocycles. The minimum absolute atomic E-state index is 0.155. The summed E-state index contributed by atoms with van der Waals surface area (Å²) in [5.74, 6) is -0.309. The van der Waals surface area contributed by atoms with E-state index in [1.807, 2.05) is 0 Å². The Hall–Kier alpha value is -2.62. The first-order chi connectivity index (χ1) is 23.5. The summed E-state index contributed by atoms with van der Waals surface area (Å²) in [6, 6.07) is 0. The van der Waals surface area contributed by atoms with E-state index in [0.29, 0.717) is 12.8 Å². The van der Waals surface area contributed by atoms with Crippen molar-refractivity contribution in [2.75, 3.05) is 0 Å². The van der Waals surface area contributed by atoms with Crippen LogP contribution < -0.4 is 11.5 Å². The van der Waals surface area contributed by atoms with E-state index in [0.717, 1.165) is 12.8 Å². The molecular formula is C44H90N2O2. The van der Waals surface area contributed by atoms with E-state index in [1.165, 1.54) is 154 Å². The Morgan fingerprint density at radius 3 is 0.542 bits per heavy atom. The van der Waals surface area contributed by atoms with Crippen molar-refractivity contribution in [1.82, 2.24) is 0 Å². The standard InChI is InChI=1S/2C16H33NO.6C2H4/c2*1-2-3-4-5-6-7-8-9-10-11-12-13-14-15-16(17)18;6*1-2/h2*2-15H2,1H3,(H2,17,18);6*1-2H2. The van der Waals surface area contributed by atoms with Crippen LogP contribution >= 0.6 is 0 Å². The Morgan fingerprint density at radius 2 is 0.417 bits per heavy atom. The van der Waals surface area contributed by atoms with Crippen molar-refractivity contribution in [3.05, 3.63) is 78.9 Å². The number of nitrogens with two attached hydrogens (primary N) is 2. The third-order valence-corrected chi connectivity index (χ3v) is 7.05. The number of amides is 2. The summed E-state index contributed by atoms with van der Waals surface area (Å²) >= 11 is 0. The summed E-state index contributed by atoms with van der Waals surface area (Å²) < 4.78 is 0. The van der Waals surface area contributed by atoms with E-state index in [4.69, 9.17) is 11.5 Å². The molecule has 4 nitrogen and oxygen atoms in total. The molecule has 0 aromatic heterocycles. The van der Waals surface area contributed by atoms with Gasteiger partial charge in [-0.25, -0.2) is 0 Å². The van der Waals surface area contributed by atoms with E-state index in [-0.39, 0.29) is 11.8 Å². The Balaban J connectivity index is -0.0000000843. The summed E-state index contributed by atoms with van der Waals surface area (Å²) in [6.45, 7) is 40.5. The number of unbranched alkanes of at least 4 members (excludes halogenated alkanes) is 24. The molecule has 0 rings (SSSR count). The van der Waals surface area contributed by atoms with Crippen molar-refractivity contribution in [3.63, 3.8) is 0 Å². The number of primary amides is 2. The normalized spacial score (nSPS) is 8.54. The van der Waals surface area contributed by atoms with Gasteiger partial charge in [0.25, 0.3) is 0 Å². The molecule has 0 unspecified atom stereocenters. The third-order valence-electron chi connectivity index (χ3n) is 7.05. The van der Waals surface area contributed by atoms with Crippen LogP contribution in [0.25, 0.3) is 0 Å². The Kier molecular flexibility index (Phi) is 113. The third kappa shape index (κ3) is 104. The van der Waals surface area contributed by atoms with Crippen LogP contribution in [0.2, 0.25) is 0 Å². The predicted octanol–water partition coefficient (Wildman–Crippen LogP) is 14.7. The Labute approximate surface area is 304 Å². The molecule has 0 radical (unpaired) electrons. The molecule has 0 atom stereocenters. The lowest BCUT2D eigenvalue weighted by molar-refractivity contribution is -0.119. The summed E-state index contributed by atoms with van der Waals surface area (Å²) in [5, 5.41) is 0. The van der Waals surface area contributed by atoms with Gasteiger partial charge >= 0.3 is 0 Å². The van der Waals surface area contributed by atoms with Crippen molar-refractivity contribution in [3.8, 4) is 0 Å². The fraction of sp³-hybridized carbons (Fsp3) is 0.682. The molecule has 0 aliphatic rings. The topological polar surface area (TPSA) is 86.2 Å². The van der Waals surface area contributed by atoms with E-state index in [2.05, 4.69) is 92.8 Å². The lowest BCUT2D eigenvalue weighted by Gasteiger charge is -2.02. The number of carbonyl (C=O) groups is 2. The van der Waals surface area contributed by atoms with Crippen molar-refractivity contribution in [2.24, 2.45) is 11.5 Å². The average Bonchev–Trinajstić information content (AvgIpc) is 3.14. The SMILES string of the molecule is C=C.C=C.C=C.C=C.C=C.C=C.CCCCCCCCCCCCCCCC(N)=O.CCCCCCCCCCCCCCCC(N)=O. The maximum atomic E-state index is 10.5. The first kappa shape index (κ1) is 64.0. The van der Waals surface area contributed by atoms with E-state index < -0.39 is 0 Å². The van der Waals surface area contributed by atoms with E-state index in [9.17, 15) is 9.59 Å². The summed E-state index contributed by atoms with van der Waals surface area (Å²) in [7, 11) is 0. The molecule has 0 spiro atoms. The van der Waals surface area contributed by atoms with Crippen LogP contribution in [0.4, 0.5) is 0 Å². The molecule has 0 fully saturated rings. The van der Waals surface area contributed by atoms with Gasteiger partial charge < -0.3 is 11.5 Å². The number of carbonyl (C=O) groups excluding carboxylic acids is 2. The van der Waals surface area contributed by atoms with Crippen LogP contribution in [0.3, 0.4) is 0 Å². The van der Waals surface area contributed by atoms with Gasteiger partial charge in [-0.15, -0.1) is 78.9 Å². The first-order valence-corrected chi connectivity index (χ1v) is 19.1. The van der Waals surface area contributed by atoms with Gasteiger partial charge in [-0.05, 0) is 12.8 Å². The summed E-state index contributed by atoms with van der Waals surface area (Å²) in [6.07, 6.45) is 35.9. The van der Waals surface area contributed by atoms with Gasteiger partial charge in [0.05, 0.1) is 0 Å². The molecule has 0 saturated carbocycles. The molecule has 2 amide bonds. The molecule has 0 aliphatic carbocycles. The first-order valence-electron chi connectivity index (χ1n) is 19.1. The monoisotopic (exact) mass is 679 g/mol. The average molecular weight is 679 g/mol. The van der Waals surface area contributed by atoms with Gasteiger partial charge in [0.2, 0.25) is 11.8 Å².